The molecule has 0 saturated carbocycles. The lowest BCUT2D eigenvalue weighted by Gasteiger charge is -2.27. The molecule has 164 valence electrons. The fourth-order valence-corrected chi connectivity index (χ4v) is 2.55. The maximum absolute atomic E-state index is 12.8. The van der Waals surface area contributed by atoms with Gasteiger partial charge in [0, 0.05) is 0 Å². The normalized spacial score (nSPS) is 13.1. The third-order valence-electron chi connectivity index (χ3n) is 3.54. The molecule has 0 saturated heterocycles. The van der Waals surface area contributed by atoms with Gasteiger partial charge in [-0.15, -0.1) is 11.5 Å². The number of amides is 2. The maximum atomic E-state index is 12.8. The lowest BCUT2D eigenvalue weighted by atomic mass is 10.2. The lowest BCUT2D eigenvalue weighted by molar-refractivity contribution is 0.0427. The first-order valence-corrected chi connectivity index (χ1v) is 9.54. The van der Waals surface area contributed by atoms with Crippen LogP contribution in [0.5, 0.6) is 0 Å². The minimum absolute atomic E-state index is 0.0911. The Morgan fingerprint density at radius 3 is 2.17 bits per heavy atom. The molecule has 2 aromatic rings. The van der Waals surface area contributed by atoms with Crippen LogP contribution in [0.4, 0.5) is 15.5 Å². The second kappa shape index (κ2) is 8.57. The Balaban J connectivity index is 2.64. The second-order valence-corrected chi connectivity index (χ2v) is 8.78. The minimum Gasteiger partial charge on any atom is -0.443 e. The summed E-state index contributed by atoms with van der Waals surface area (Å²) in [6.45, 7) is 13.3. The number of nitrogens with zero attached hydrogens (tertiary/aromatic N) is 5. The summed E-state index contributed by atoms with van der Waals surface area (Å²) in [5.41, 5.74) is -1.36. The van der Waals surface area contributed by atoms with Crippen LogP contribution in [0.25, 0.3) is 11.2 Å². The fourth-order valence-electron chi connectivity index (χ4n) is 2.34. The smallest absolute Gasteiger partial charge is 0.427 e. The van der Waals surface area contributed by atoms with Crippen molar-refractivity contribution in [2.24, 2.45) is 0 Å². The number of imidazole rings is 1. The third-order valence-corrected chi connectivity index (χ3v) is 3.80. The molecule has 10 nitrogen and oxygen atoms in total. The van der Waals surface area contributed by atoms with Gasteiger partial charge in [0.2, 0.25) is 5.95 Å². The number of imide groups is 1. The van der Waals surface area contributed by atoms with Crippen molar-refractivity contribution in [1.29, 1.82) is 0 Å². The van der Waals surface area contributed by atoms with E-state index in [1.807, 2.05) is 0 Å². The first kappa shape index (κ1) is 23.6. The van der Waals surface area contributed by atoms with E-state index in [0.717, 1.165) is 0 Å². The highest BCUT2D eigenvalue weighted by molar-refractivity contribution is 6.33. The van der Waals surface area contributed by atoms with Gasteiger partial charge in [-0.05, 0) is 41.5 Å². The Bertz CT molecular complexity index is 933. The molecule has 0 radical (unpaired) electrons. The Morgan fingerprint density at radius 1 is 1.20 bits per heavy atom. The molecule has 1 atom stereocenters. The zero-order valence-corrected chi connectivity index (χ0v) is 18.6. The predicted molar refractivity (Wildman–Crippen MR) is 112 cm³/mol. The summed E-state index contributed by atoms with van der Waals surface area (Å²) < 4.78 is 12.2. The minimum atomic E-state index is -1.03. The van der Waals surface area contributed by atoms with E-state index in [1.54, 1.807) is 41.5 Å². The fraction of sp³-hybridized carbons (Fsp3) is 0.526. The highest BCUT2D eigenvalue weighted by Crippen LogP contribution is 2.27. The van der Waals surface area contributed by atoms with Gasteiger partial charge in [0.05, 0.1) is 19.0 Å². The topological polar surface area (TPSA) is 120 Å². The Morgan fingerprint density at radius 2 is 1.73 bits per heavy atom. The van der Waals surface area contributed by atoms with Gasteiger partial charge in [0.15, 0.2) is 10.8 Å². The highest BCUT2D eigenvalue weighted by atomic mass is 35.5. The van der Waals surface area contributed by atoms with Crippen molar-refractivity contribution >= 4 is 40.9 Å². The largest absolute Gasteiger partial charge is 0.443 e. The maximum Gasteiger partial charge on any atom is 0.427 e. The van der Waals surface area contributed by atoms with E-state index in [-0.39, 0.29) is 28.9 Å². The highest BCUT2D eigenvalue weighted by Gasteiger charge is 2.35. The molecule has 11 heteroatoms. The number of halogens is 1. The SMILES string of the molecule is C=C[C@@H](CO)n1cnc2c(Cl)nc(N(C(=O)OC(C)(C)C)C(=O)OC(C)(C)C)nc21. The van der Waals surface area contributed by atoms with E-state index in [2.05, 4.69) is 21.5 Å². The van der Waals surface area contributed by atoms with Gasteiger partial charge in [0.1, 0.15) is 16.7 Å². The number of hydrogen-bond acceptors (Lipinski definition) is 8. The number of ether oxygens (including phenoxy) is 2. The number of aromatic nitrogens is 4. The summed E-state index contributed by atoms with van der Waals surface area (Å²) in [4.78, 5) is 38.6. The van der Waals surface area contributed by atoms with E-state index < -0.39 is 29.4 Å². The van der Waals surface area contributed by atoms with Gasteiger partial charge in [-0.3, -0.25) is 0 Å². The molecule has 0 unspecified atom stereocenters. The molecule has 0 fully saturated rings. The Hall–Kier alpha value is -2.72. The van der Waals surface area contributed by atoms with Crippen LogP contribution in [0, 0.1) is 0 Å². The zero-order valence-electron chi connectivity index (χ0n) is 17.8. The quantitative estimate of drug-likeness (QED) is 0.563. The summed E-state index contributed by atoms with van der Waals surface area (Å²) >= 11 is 6.24. The van der Waals surface area contributed by atoms with Crippen LogP contribution in [-0.4, -0.2) is 54.6 Å². The van der Waals surface area contributed by atoms with Crippen molar-refractivity contribution in [2.75, 3.05) is 11.5 Å². The number of carbonyl (C=O) groups is 2. The van der Waals surface area contributed by atoms with Crippen LogP contribution in [0.2, 0.25) is 5.15 Å². The van der Waals surface area contributed by atoms with E-state index in [9.17, 15) is 14.7 Å². The van der Waals surface area contributed by atoms with Crippen LogP contribution >= 0.6 is 11.6 Å². The summed E-state index contributed by atoms with van der Waals surface area (Å²) in [5.74, 6) is -0.349. The van der Waals surface area contributed by atoms with Crippen LogP contribution in [0.3, 0.4) is 0 Å². The first-order valence-electron chi connectivity index (χ1n) is 9.17. The molecule has 0 spiro atoms. The van der Waals surface area contributed by atoms with Crippen molar-refractivity contribution in [3.05, 3.63) is 24.1 Å². The zero-order chi connectivity index (χ0) is 22.9. The molecule has 0 aromatic carbocycles. The summed E-state index contributed by atoms with van der Waals surface area (Å²) in [5, 5.41) is 9.49. The Labute approximate surface area is 179 Å². The molecule has 30 heavy (non-hydrogen) atoms. The molecule has 1 N–H and O–H groups in total. The monoisotopic (exact) mass is 439 g/mol. The van der Waals surface area contributed by atoms with Gasteiger partial charge in [0.25, 0.3) is 0 Å². The third kappa shape index (κ3) is 5.45. The molecule has 2 amide bonds. The summed E-state index contributed by atoms with van der Waals surface area (Å²) in [7, 11) is 0. The number of aliphatic hydroxyl groups is 1. The Kier molecular flexibility index (Phi) is 6.73. The van der Waals surface area contributed by atoms with Crippen molar-refractivity contribution in [2.45, 2.75) is 58.8 Å². The lowest BCUT2D eigenvalue weighted by Crippen LogP contribution is -2.44. The van der Waals surface area contributed by atoms with Crippen LogP contribution in [-0.2, 0) is 9.47 Å². The van der Waals surface area contributed by atoms with Crippen LogP contribution in [0.15, 0.2) is 19.0 Å². The van der Waals surface area contributed by atoms with Crippen molar-refractivity contribution in [3.8, 4) is 0 Å². The molecule has 0 aliphatic rings. The number of rotatable bonds is 4. The van der Waals surface area contributed by atoms with Gasteiger partial charge in [-0.1, -0.05) is 17.7 Å². The molecule has 0 aliphatic heterocycles. The van der Waals surface area contributed by atoms with Crippen LogP contribution in [0.1, 0.15) is 47.6 Å². The molecule has 2 rings (SSSR count). The van der Waals surface area contributed by atoms with Gasteiger partial charge in [-0.25, -0.2) is 14.6 Å². The number of aliphatic hydroxyl groups excluding tert-OH is 1. The number of carbonyl (C=O) groups excluding carboxylic acids is 2. The summed E-state index contributed by atoms with van der Waals surface area (Å²) in [6, 6.07) is -0.551. The second-order valence-electron chi connectivity index (χ2n) is 8.42. The molecule has 0 aliphatic carbocycles. The molecule has 2 aromatic heterocycles. The van der Waals surface area contributed by atoms with Gasteiger partial charge < -0.3 is 19.1 Å². The molecule has 0 bridgehead atoms. The molecule has 2 heterocycles. The van der Waals surface area contributed by atoms with E-state index in [0.29, 0.717) is 4.90 Å². The van der Waals surface area contributed by atoms with E-state index in [1.165, 1.54) is 17.0 Å². The first-order chi connectivity index (χ1) is 13.8. The van der Waals surface area contributed by atoms with Crippen molar-refractivity contribution < 1.29 is 24.2 Å². The number of fused-ring (bicyclic) bond motifs is 1. The summed E-state index contributed by atoms with van der Waals surface area (Å²) in [6.07, 6.45) is 0.848. The van der Waals surface area contributed by atoms with Gasteiger partial charge >= 0.3 is 12.2 Å². The number of hydrogen-bond donors (Lipinski definition) is 1. The average molecular weight is 440 g/mol. The van der Waals surface area contributed by atoms with Crippen LogP contribution < -0.4 is 4.90 Å². The average Bonchev–Trinajstić information content (AvgIpc) is 2.97. The van der Waals surface area contributed by atoms with E-state index in [4.69, 9.17) is 21.1 Å². The molecular formula is C19H26ClN5O5. The van der Waals surface area contributed by atoms with Crippen molar-refractivity contribution in [3.63, 3.8) is 0 Å². The standard InChI is InChI=1S/C19H26ClN5O5/c1-8-11(9-26)24-10-21-12-13(20)22-15(23-14(12)24)25(16(27)29-18(2,3)4)17(28)30-19(5,6)7/h8,10-11,26H,1,9H2,2-7H3/t11-/m0/s1. The van der Waals surface area contributed by atoms with Gasteiger partial charge in [-0.2, -0.15) is 9.97 Å². The predicted octanol–water partition coefficient (Wildman–Crippen LogP) is 3.88. The molecular weight excluding hydrogens is 414 g/mol. The van der Waals surface area contributed by atoms with Crippen molar-refractivity contribution in [1.82, 2.24) is 19.5 Å². The van der Waals surface area contributed by atoms with E-state index >= 15 is 0 Å². The number of anilines is 1.